The van der Waals surface area contributed by atoms with Gasteiger partial charge in [-0.1, -0.05) is 50.3 Å². The van der Waals surface area contributed by atoms with E-state index in [4.69, 9.17) is 9.16 Å². The highest BCUT2D eigenvalue weighted by atomic mass is 28.2. The second-order valence-corrected chi connectivity index (χ2v) is 5.77. The van der Waals surface area contributed by atoms with E-state index in [0.717, 1.165) is 32.7 Å². The third-order valence-corrected chi connectivity index (χ3v) is 4.22. The summed E-state index contributed by atoms with van der Waals surface area (Å²) in [4.78, 5) is 0. The smallest absolute Gasteiger partial charge is 0.235 e. The Balaban J connectivity index is 2.23. The molecule has 0 saturated carbocycles. The van der Waals surface area contributed by atoms with Gasteiger partial charge in [0.05, 0.1) is 0 Å². The number of hydrogen-bond donors (Lipinski definition) is 0. The van der Waals surface area contributed by atoms with E-state index < -0.39 is 0 Å². The third kappa shape index (κ3) is 6.71. The molecule has 1 aromatic rings. The Kier molecular flexibility index (Phi) is 8.46. The highest BCUT2D eigenvalue weighted by Crippen LogP contribution is 2.10. The predicted molar refractivity (Wildman–Crippen MR) is 82.5 cm³/mol. The van der Waals surface area contributed by atoms with Crippen molar-refractivity contribution in [2.24, 2.45) is 0 Å². The maximum absolute atomic E-state index is 5.78. The van der Waals surface area contributed by atoms with Crippen LogP contribution in [0.2, 0.25) is 5.54 Å². The van der Waals surface area contributed by atoms with Gasteiger partial charge in [-0.15, -0.1) is 0 Å². The Morgan fingerprint density at radius 3 is 2.89 bits per heavy atom. The molecular weight excluding hydrogens is 252 g/mol. The van der Waals surface area contributed by atoms with E-state index in [9.17, 15) is 0 Å². The van der Waals surface area contributed by atoms with E-state index in [-0.39, 0.29) is 0 Å². The van der Waals surface area contributed by atoms with Gasteiger partial charge in [0.2, 0.25) is 9.76 Å². The van der Waals surface area contributed by atoms with Crippen LogP contribution in [0.5, 0.6) is 0 Å². The predicted octanol–water partition coefficient (Wildman–Crippen LogP) is 3.74. The van der Waals surface area contributed by atoms with Gasteiger partial charge in [0.15, 0.2) is 0 Å². The van der Waals surface area contributed by atoms with Gasteiger partial charge < -0.3 is 9.16 Å². The molecule has 2 radical (unpaired) electrons. The van der Waals surface area contributed by atoms with Crippen molar-refractivity contribution in [1.29, 1.82) is 0 Å². The van der Waals surface area contributed by atoms with Gasteiger partial charge in [-0.3, -0.25) is 0 Å². The summed E-state index contributed by atoms with van der Waals surface area (Å²) in [5, 5.41) is 0. The summed E-state index contributed by atoms with van der Waals surface area (Å²) in [6, 6.07) is 8.43. The topological polar surface area (TPSA) is 18.5 Å². The number of rotatable bonds is 10. The van der Waals surface area contributed by atoms with Crippen LogP contribution in [-0.2, 0) is 15.6 Å². The number of ether oxygens (including phenoxy) is 1. The van der Waals surface area contributed by atoms with Crippen LogP contribution in [0.3, 0.4) is 0 Å². The fourth-order valence-electron chi connectivity index (χ4n) is 1.72. The van der Waals surface area contributed by atoms with Crippen molar-refractivity contribution in [3.63, 3.8) is 0 Å². The molecule has 0 aliphatic carbocycles. The quantitative estimate of drug-likeness (QED) is 0.479. The molecule has 0 bridgehead atoms. The minimum absolute atomic E-state index is 0.537. The van der Waals surface area contributed by atoms with Gasteiger partial charge in [0.1, 0.15) is 0 Å². The fraction of sp³-hybridized carbons (Fsp3) is 0.500. The molecule has 19 heavy (non-hydrogen) atoms. The van der Waals surface area contributed by atoms with Crippen LogP contribution < -0.4 is 0 Å². The summed E-state index contributed by atoms with van der Waals surface area (Å²) in [5.74, 6) is 0. The van der Waals surface area contributed by atoms with E-state index in [0.29, 0.717) is 15.3 Å². The van der Waals surface area contributed by atoms with Crippen LogP contribution in [0.4, 0.5) is 0 Å². The van der Waals surface area contributed by atoms with E-state index in [1.807, 2.05) is 13.0 Å². The monoisotopic (exact) mass is 276 g/mol. The van der Waals surface area contributed by atoms with Crippen molar-refractivity contribution in [2.45, 2.75) is 32.2 Å². The molecule has 104 valence electrons. The molecule has 0 aliphatic heterocycles. The lowest BCUT2D eigenvalue weighted by molar-refractivity contribution is 0.140. The van der Waals surface area contributed by atoms with Crippen molar-refractivity contribution < 1.29 is 9.16 Å². The SMILES string of the molecule is C=Cc1cccc(CCO[Si]C(CC)COCC)c1. The lowest BCUT2D eigenvalue weighted by atomic mass is 10.1. The van der Waals surface area contributed by atoms with E-state index in [2.05, 4.69) is 37.8 Å². The van der Waals surface area contributed by atoms with Crippen LogP contribution in [0.1, 0.15) is 31.4 Å². The van der Waals surface area contributed by atoms with Crippen LogP contribution in [0, 0.1) is 0 Å². The van der Waals surface area contributed by atoms with Crippen molar-refractivity contribution in [3.8, 4) is 0 Å². The molecule has 0 aliphatic rings. The van der Waals surface area contributed by atoms with Gasteiger partial charge in [0, 0.05) is 25.4 Å². The first-order chi connectivity index (χ1) is 9.30. The summed E-state index contributed by atoms with van der Waals surface area (Å²) in [7, 11) is 0.537. The van der Waals surface area contributed by atoms with E-state index in [1.165, 1.54) is 11.1 Å². The lowest BCUT2D eigenvalue weighted by Gasteiger charge is -2.13. The fourth-order valence-corrected chi connectivity index (χ4v) is 2.52. The maximum atomic E-state index is 5.78. The second-order valence-electron chi connectivity index (χ2n) is 4.43. The largest absolute Gasteiger partial charge is 0.417 e. The summed E-state index contributed by atoms with van der Waals surface area (Å²) >= 11 is 0. The minimum atomic E-state index is 0.537. The maximum Gasteiger partial charge on any atom is 0.235 e. The minimum Gasteiger partial charge on any atom is -0.417 e. The van der Waals surface area contributed by atoms with Crippen LogP contribution in [0.25, 0.3) is 6.08 Å². The molecule has 0 aromatic heterocycles. The molecular formula is C16H24O2Si. The van der Waals surface area contributed by atoms with Crippen LogP contribution >= 0.6 is 0 Å². The number of hydrogen-bond acceptors (Lipinski definition) is 2. The summed E-state index contributed by atoms with van der Waals surface area (Å²) < 4.78 is 11.2. The summed E-state index contributed by atoms with van der Waals surface area (Å²) in [6.45, 7) is 10.4. The van der Waals surface area contributed by atoms with Gasteiger partial charge in [-0.05, 0) is 24.5 Å². The molecule has 0 heterocycles. The zero-order valence-corrected chi connectivity index (χ0v) is 13.0. The molecule has 1 aromatic carbocycles. The molecule has 0 spiro atoms. The second kappa shape index (κ2) is 9.95. The first kappa shape index (κ1) is 16.2. The van der Waals surface area contributed by atoms with Crippen LogP contribution in [0.15, 0.2) is 30.8 Å². The van der Waals surface area contributed by atoms with Crippen LogP contribution in [-0.4, -0.2) is 29.6 Å². The van der Waals surface area contributed by atoms with Crippen molar-refractivity contribution in [3.05, 3.63) is 42.0 Å². The highest BCUT2D eigenvalue weighted by molar-refractivity contribution is 6.29. The Morgan fingerprint density at radius 2 is 2.21 bits per heavy atom. The zero-order valence-electron chi connectivity index (χ0n) is 12.0. The average molecular weight is 276 g/mol. The van der Waals surface area contributed by atoms with E-state index in [1.54, 1.807) is 0 Å². The molecule has 0 fully saturated rings. The van der Waals surface area contributed by atoms with Crippen molar-refractivity contribution in [2.75, 3.05) is 19.8 Å². The Hall–Kier alpha value is -0.903. The molecule has 1 atom stereocenters. The number of benzene rings is 1. The zero-order chi connectivity index (χ0) is 13.9. The molecule has 3 heteroatoms. The molecule has 0 amide bonds. The van der Waals surface area contributed by atoms with Gasteiger partial charge in [-0.25, -0.2) is 0 Å². The van der Waals surface area contributed by atoms with Crippen molar-refractivity contribution in [1.82, 2.24) is 0 Å². The summed E-state index contributed by atoms with van der Waals surface area (Å²) in [6.07, 6.45) is 3.95. The van der Waals surface area contributed by atoms with E-state index >= 15 is 0 Å². The first-order valence-electron chi connectivity index (χ1n) is 6.96. The normalized spacial score (nSPS) is 12.3. The first-order valence-corrected chi connectivity index (χ1v) is 7.95. The van der Waals surface area contributed by atoms with Gasteiger partial charge >= 0.3 is 0 Å². The molecule has 1 rings (SSSR count). The Bertz CT molecular complexity index is 366. The average Bonchev–Trinajstić information content (AvgIpc) is 2.47. The standard InChI is InChI=1S/C16H24O2Si/c1-4-14-8-7-9-15(12-14)10-11-18-19-16(5-2)13-17-6-3/h4,7-9,12,16H,1,5-6,10-11,13H2,2-3H3. The van der Waals surface area contributed by atoms with Gasteiger partial charge in [-0.2, -0.15) is 0 Å². The molecule has 1 unspecified atom stereocenters. The summed E-state index contributed by atoms with van der Waals surface area (Å²) in [5.41, 5.74) is 3.02. The Morgan fingerprint density at radius 1 is 1.37 bits per heavy atom. The third-order valence-electron chi connectivity index (χ3n) is 2.95. The van der Waals surface area contributed by atoms with Gasteiger partial charge in [0.25, 0.3) is 0 Å². The molecule has 2 nitrogen and oxygen atoms in total. The molecule has 0 saturated heterocycles. The Labute approximate surface area is 119 Å². The van der Waals surface area contributed by atoms with Crippen molar-refractivity contribution >= 4 is 15.8 Å². The molecule has 0 N–H and O–H groups in total. The lowest BCUT2D eigenvalue weighted by Crippen LogP contribution is -2.15. The highest BCUT2D eigenvalue weighted by Gasteiger charge is 2.08.